The molecule has 0 spiro atoms. The van der Waals surface area contributed by atoms with Crippen LogP contribution in [0.25, 0.3) is 0 Å². The largest absolute Gasteiger partial charge is 0.352 e. The van der Waals surface area contributed by atoms with Crippen molar-refractivity contribution < 1.29 is 18.0 Å². The zero-order chi connectivity index (χ0) is 31.0. The molecule has 0 unspecified atom stereocenters. The smallest absolute Gasteiger partial charge is 0.264 e. The van der Waals surface area contributed by atoms with Gasteiger partial charge in [-0.15, -0.1) is 0 Å². The lowest BCUT2D eigenvalue weighted by atomic mass is 10.0. The molecule has 0 fully saturated rings. The number of anilines is 1. The average molecular weight is 618 g/mol. The molecular weight excluding hydrogens is 582 g/mol. The van der Waals surface area contributed by atoms with E-state index in [4.69, 9.17) is 11.6 Å². The number of carbonyl (C=O) groups excluding carboxylic acids is 2. The van der Waals surface area contributed by atoms with Crippen molar-refractivity contribution >= 4 is 39.1 Å². The quantitative estimate of drug-likeness (QED) is 0.211. The summed E-state index contributed by atoms with van der Waals surface area (Å²) in [6.07, 6.45) is 0.245. The summed E-state index contributed by atoms with van der Waals surface area (Å²) in [6, 6.07) is 30.4. The molecule has 0 aliphatic rings. The molecule has 0 aliphatic carbocycles. The van der Waals surface area contributed by atoms with Gasteiger partial charge < -0.3 is 10.2 Å². The summed E-state index contributed by atoms with van der Waals surface area (Å²) in [7, 11) is -4.13. The fraction of sp³-hybridized carbons (Fsp3) is 0.235. The lowest BCUT2D eigenvalue weighted by Gasteiger charge is -2.34. The van der Waals surface area contributed by atoms with E-state index in [0.717, 1.165) is 21.0 Å². The van der Waals surface area contributed by atoms with Gasteiger partial charge in [-0.3, -0.25) is 13.9 Å². The van der Waals surface area contributed by atoms with Crippen molar-refractivity contribution in [1.82, 2.24) is 10.2 Å². The maximum Gasteiger partial charge on any atom is 0.264 e. The summed E-state index contributed by atoms with van der Waals surface area (Å²) in [6.45, 7) is 5.15. The summed E-state index contributed by atoms with van der Waals surface area (Å²) in [5, 5.41) is 3.50. The summed E-state index contributed by atoms with van der Waals surface area (Å²) < 4.78 is 29.1. The number of halogens is 1. The predicted octanol–water partition coefficient (Wildman–Crippen LogP) is 6.01. The Hall–Kier alpha value is -4.14. The second-order valence-electron chi connectivity index (χ2n) is 10.7. The van der Waals surface area contributed by atoms with E-state index in [1.54, 1.807) is 66.7 Å². The maximum absolute atomic E-state index is 14.4. The summed E-state index contributed by atoms with van der Waals surface area (Å²) in [5.74, 6) is -0.844. The lowest BCUT2D eigenvalue weighted by Crippen LogP contribution is -2.54. The van der Waals surface area contributed by atoms with Gasteiger partial charge in [-0.2, -0.15) is 0 Å². The van der Waals surface area contributed by atoms with Crippen molar-refractivity contribution in [2.75, 3.05) is 10.8 Å². The van der Waals surface area contributed by atoms with Crippen LogP contribution >= 0.6 is 11.6 Å². The van der Waals surface area contributed by atoms with Gasteiger partial charge in [0.05, 0.1) is 10.6 Å². The van der Waals surface area contributed by atoms with Crippen molar-refractivity contribution in [1.29, 1.82) is 0 Å². The van der Waals surface area contributed by atoms with Gasteiger partial charge in [-0.05, 0) is 68.3 Å². The van der Waals surface area contributed by atoms with E-state index in [9.17, 15) is 18.0 Å². The normalized spacial score (nSPS) is 12.0. The van der Waals surface area contributed by atoms with E-state index < -0.39 is 28.5 Å². The average Bonchev–Trinajstić information content (AvgIpc) is 2.99. The molecule has 9 heteroatoms. The molecular formula is C34H36ClN3O4S. The Kier molecular flexibility index (Phi) is 10.6. The monoisotopic (exact) mass is 617 g/mol. The first-order valence-corrected chi connectivity index (χ1v) is 15.9. The fourth-order valence-corrected chi connectivity index (χ4v) is 6.22. The highest BCUT2D eigenvalue weighted by Crippen LogP contribution is 2.25. The molecule has 43 heavy (non-hydrogen) atoms. The first-order valence-electron chi connectivity index (χ1n) is 14.1. The lowest BCUT2D eigenvalue weighted by molar-refractivity contribution is -0.140. The Bertz CT molecular complexity index is 1610. The minimum absolute atomic E-state index is 0.0670. The third kappa shape index (κ3) is 8.46. The molecule has 0 aliphatic heterocycles. The highest BCUT2D eigenvalue weighted by atomic mass is 35.5. The van der Waals surface area contributed by atoms with Gasteiger partial charge in [0.1, 0.15) is 12.6 Å². The van der Waals surface area contributed by atoms with Crippen LogP contribution in [-0.4, -0.2) is 43.8 Å². The number of sulfonamides is 1. The molecule has 1 N–H and O–H groups in total. The van der Waals surface area contributed by atoms with Crippen LogP contribution in [0.2, 0.25) is 5.02 Å². The number of para-hydroxylation sites is 1. The van der Waals surface area contributed by atoms with Crippen molar-refractivity contribution in [2.45, 2.75) is 50.7 Å². The van der Waals surface area contributed by atoms with Crippen molar-refractivity contribution in [3.63, 3.8) is 0 Å². The predicted molar refractivity (Wildman–Crippen MR) is 171 cm³/mol. The third-order valence-electron chi connectivity index (χ3n) is 6.90. The number of hydrogen-bond acceptors (Lipinski definition) is 4. The van der Waals surface area contributed by atoms with Crippen LogP contribution in [0.4, 0.5) is 5.69 Å². The van der Waals surface area contributed by atoms with Gasteiger partial charge in [0.2, 0.25) is 11.8 Å². The van der Waals surface area contributed by atoms with E-state index in [1.165, 1.54) is 17.0 Å². The Labute approximate surface area is 259 Å². The molecule has 4 aromatic carbocycles. The third-order valence-corrected chi connectivity index (χ3v) is 8.94. The molecule has 0 aromatic heterocycles. The Morgan fingerprint density at radius 2 is 1.37 bits per heavy atom. The summed E-state index contributed by atoms with van der Waals surface area (Å²) >= 11 is 6.13. The standard InChI is InChI=1S/C34H36ClN3O4S/c1-25(2)36-34(40)32(22-27-10-6-4-7-11-27)37(23-28-16-18-29(35)19-17-28)33(39)24-38(30-12-8-5-9-13-30)43(41,42)31-20-14-26(3)15-21-31/h4-21,25,32H,22-24H2,1-3H3,(H,36,40)/t32-/m1/s1. The molecule has 224 valence electrons. The highest BCUT2D eigenvalue weighted by Gasteiger charge is 2.34. The van der Waals surface area contributed by atoms with E-state index in [2.05, 4.69) is 5.32 Å². The SMILES string of the molecule is Cc1ccc(S(=O)(=O)N(CC(=O)N(Cc2ccc(Cl)cc2)[C@H](Cc2ccccc2)C(=O)NC(C)C)c2ccccc2)cc1. The van der Waals surface area contributed by atoms with Crippen LogP contribution in [0, 0.1) is 6.92 Å². The van der Waals surface area contributed by atoms with E-state index in [1.807, 2.05) is 51.1 Å². The first kappa shape index (κ1) is 31.8. The number of carbonyl (C=O) groups is 2. The number of benzene rings is 4. The molecule has 0 saturated carbocycles. The fourth-order valence-electron chi connectivity index (χ4n) is 4.68. The number of nitrogens with zero attached hydrogens (tertiary/aromatic N) is 2. The van der Waals surface area contributed by atoms with Crippen molar-refractivity contribution in [3.8, 4) is 0 Å². The highest BCUT2D eigenvalue weighted by molar-refractivity contribution is 7.92. The number of amides is 2. The van der Waals surface area contributed by atoms with Crippen LogP contribution in [0.1, 0.15) is 30.5 Å². The van der Waals surface area contributed by atoms with Gasteiger partial charge in [-0.25, -0.2) is 8.42 Å². The van der Waals surface area contributed by atoms with E-state index >= 15 is 0 Å². The first-order chi connectivity index (χ1) is 20.5. The van der Waals surface area contributed by atoms with Crippen LogP contribution in [0.5, 0.6) is 0 Å². The molecule has 2 amide bonds. The van der Waals surface area contributed by atoms with E-state index in [-0.39, 0.29) is 29.8 Å². The number of aryl methyl sites for hydroxylation is 1. The van der Waals surface area contributed by atoms with Gasteiger partial charge in [-0.1, -0.05) is 90.0 Å². The van der Waals surface area contributed by atoms with Crippen LogP contribution in [-0.2, 0) is 32.6 Å². The molecule has 0 heterocycles. The second kappa shape index (κ2) is 14.4. The molecule has 0 saturated heterocycles. The molecule has 1 atom stereocenters. The number of nitrogens with one attached hydrogen (secondary N) is 1. The Morgan fingerprint density at radius 1 is 0.791 bits per heavy atom. The maximum atomic E-state index is 14.4. The molecule has 0 bridgehead atoms. The summed E-state index contributed by atoms with van der Waals surface area (Å²) in [4.78, 5) is 29.6. The topological polar surface area (TPSA) is 86.8 Å². The van der Waals surface area contributed by atoms with Gasteiger partial charge in [0.15, 0.2) is 0 Å². The summed E-state index contributed by atoms with van der Waals surface area (Å²) in [5.41, 5.74) is 2.87. The molecule has 4 aromatic rings. The van der Waals surface area contributed by atoms with Gasteiger partial charge in [0, 0.05) is 24.0 Å². The number of hydrogen-bond donors (Lipinski definition) is 1. The van der Waals surface area contributed by atoms with Crippen molar-refractivity contribution in [3.05, 3.63) is 131 Å². The number of rotatable bonds is 12. The second-order valence-corrected chi connectivity index (χ2v) is 13.0. The zero-order valence-corrected chi connectivity index (χ0v) is 26.1. The molecule has 0 radical (unpaired) electrons. The van der Waals surface area contributed by atoms with Crippen LogP contribution in [0.3, 0.4) is 0 Å². The Morgan fingerprint density at radius 3 is 1.95 bits per heavy atom. The molecule has 4 rings (SSSR count). The van der Waals surface area contributed by atoms with Crippen molar-refractivity contribution in [2.24, 2.45) is 0 Å². The minimum atomic E-state index is -4.13. The Balaban J connectivity index is 1.78. The molecule has 7 nitrogen and oxygen atoms in total. The van der Waals surface area contributed by atoms with Crippen LogP contribution in [0.15, 0.2) is 114 Å². The van der Waals surface area contributed by atoms with Gasteiger partial charge in [0.25, 0.3) is 10.0 Å². The van der Waals surface area contributed by atoms with Crippen LogP contribution < -0.4 is 9.62 Å². The van der Waals surface area contributed by atoms with E-state index in [0.29, 0.717) is 10.7 Å². The zero-order valence-electron chi connectivity index (χ0n) is 24.5. The van der Waals surface area contributed by atoms with Gasteiger partial charge >= 0.3 is 0 Å². The minimum Gasteiger partial charge on any atom is -0.352 e.